The van der Waals surface area contributed by atoms with Crippen molar-refractivity contribution < 1.29 is 9.59 Å². The lowest BCUT2D eigenvalue weighted by atomic mass is 9.55. The molecule has 0 aliphatic heterocycles. The van der Waals surface area contributed by atoms with E-state index in [1.54, 1.807) is 0 Å². The van der Waals surface area contributed by atoms with Gasteiger partial charge in [-0.15, -0.1) is 0 Å². The fraction of sp³-hybridized carbons (Fsp3) is 0.545. The van der Waals surface area contributed by atoms with E-state index in [9.17, 15) is 9.59 Å². The summed E-state index contributed by atoms with van der Waals surface area (Å²) in [6, 6.07) is 9.95. The third-order valence-electron chi connectivity index (χ3n) is 5.88. The van der Waals surface area contributed by atoms with E-state index in [0.717, 1.165) is 11.1 Å². The van der Waals surface area contributed by atoms with Crippen LogP contribution in [0.15, 0.2) is 42.0 Å². The van der Waals surface area contributed by atoms with Crippen molar-refractivity contribution in [2.45, 2.75) is 53.9 Å². The summed E-state index contributed by atoms with van der Waals surface area (Å²) in [5, 5.41) is 0. The zero-order valence-corrected chi connectivity index (χ0v) is 15.6. The first kappa shape index (κ1) is 17.1. The molecule has 0 spiro atoms. The molecule has 0 saturated heterocycles. The number of hydrogen-bond acceptors (Lipinski definition) is 2. The molecule has 1 aromatic rings. The van der Waals surface area contributed by atoms with Gasteiger partial charge in [0.05, 0.1) is 0 Å². The molecule has 0 N–H and O–H groups in total. The molecule has 2 heteroatoms. The number of Topliss-reactive ketones (excluding diaryl/α,β-unsaturated/α-hetero) is 2. The molecule has 0 aromatic heterocycles. The van der Waals surface area contributed by atoms with Crippen LogP contribution in [0.2, 0.25) is 0 Å². The predicted octanol–water partition coefficient (Wildman–Crippen LogP) is 4.95. The fourth-order valence-electron chi connectivity index (χ4n) is 4.53. The summed E-state index contributed by atoms with van der Waals surface area (Å²) in [4.78, 5) is 26.9. The average Bonchev–Trinajstić information content (AvgIpc) is 2.69. The molecule has 2 bridgehead atoms. The summed E-state index contributed by atoms with van der Waals surface area (Å²) in [5.74, 6) is -0.116. The first-order chi connectivity index (χ1) is 11.0. The minimum absolute atomic E-state index is 0.0849. The largest absolute Gasteiger partial charge is 0.298 e. The van der Waals surface area contributed by atoms with Gasteiger partial charge in [-0.1, -0.05) is 83.5 Å². The van der Waals surface area contributed by atoms with Gasteiger partial charge in [0.2, 0.25) is 0 Å². The fourth-order valence-corrected chi connectivity index (χ4v) is 4.53. The topological polar surface area (TPSA) is 34.1 Å². The Morgan fingerprint density at radius 3 is 1.92 bits per heavy atom. The number of benzene rings is 1. The molecule has 0 unspecified atom stereocenters. The minimum Gasteiger partial charge on any atom is -0.298 e. The Morgan fingerprint density at radius 1 is 0.875 bits per heavy atom. The Labute approximate surface area is 145 Å². The zero-order valence-electron chi connectivity index (χ0n) is 15.6. The Kier molecular flexibility index (Phi) is 3.67. The van der Waals surface area contributed by atoms with Gasteiger partial charge < -0.3 is 0 Å². The van der Waals surface area contributed by atoms with E-state index in [4.69, 9.17) is 0 Å². The van der Waals surface area contributed by atoms with Crippen molar-refractivity contribution in [2.75, 3.05) is 0 Å². The van der Waals surface area contributed by atoms with Gasteiger partial charge >= 0.3 is 0 Å². The van der Waals surface area contributed by atoms with Gasteiger partial charge in [0.25, 0.3) is 0 Å². The van der Waals surface area contributed by atoms with Crippen LogP contribution in [0.25, 0.3) is 0 Å². The van der Waals surface area contributed by atoms with Gasteiger partial charge in [-0.25, -0.2) is 0 Å². The van der Waals surface area contributed by atoms with Crippen molar-refractivity contribution in [2.24, 2.45) is 22.2 Å². The monoisotopic (exact) mass is 324 g/mol. The first-order valence-corrected chi connectivity index (χ1v) is 8.87. The Morgan fingerprint density at radius 2 is 1.42 bits per heavy atom. The van der Waals surface area contributed by atoms with Crippen LogP contribution in [-0.4, -0.2) is 11.6 Å². The zero-order chi connectivity index (χ0) is 17.9. The molecule has 3 rings (SSSR count). The molecule has 2 aliphatic rings. The highest BCUT2D eigenvalue weighted by Crippen LogP contribution is 2.60. The van der Waals surface area contributed by atoms with Gasteiger partial charge in [-0.05, 0) is 22.8 Å². The number of fused-ring (bicyclic) bond motifs is 2. The van der Waals surface area contributed by atoms with Crippen LogP contribution in [0, 0.1) is 22.2 Å². The van der Waals surface area contributed by atoms with Crippen LogP contribution >= 0.6 is 0 Å². The average molecular weight is 324 g/mol. The molecule has 2 nitrogen and oxygen atoms in total. The molecule has 0 amide bonds. The van der Waals surface area contributed by atoms with Crippen LogP contribution in [0.3, 0.4) is 0 Å². The predicted molar refractivity (Wildman–Crippen MR) is 96.7 cm³/mol. The van der Waals surface area contributed by atoms with Crippen molar-refractivity contribution in [1.29, 1.82) is 0 Å². The van der Waals surface area contributed by atoms with Crippen molar-refractivity contribution in [1.82, 2.24) is 0 Å². The van der Waals surface area contributed by atoms with Crippen LogP contribution in [-0.2, 0) is 9.59 Å². The smallest absolute Gasteiger partial charge is 0.158 e. The normalized spacial score (nSPS) is 30.5. The second kappa shape index (κ2) is 5.15. The lowest BCUT2D eigenvalue weighted by molar-refractivity contribution is -0.149. The number of hydrogen-bond donors (Lipinski definition) is 0. The maximum absolute atomic E-state index is 13.6. The molecule has 3 atom stereocenters. The number of ketones is 2. The lowest BCUT2D eigenvalue weighted by Gasteiger charge is -2.44. The Bertz CT molecular complexity index is 713. The van der Waals surface area contributed by atoms with Crippen LogP contribution < -0.4 is 0 Å². The Balaban J connectivity index is 2.19. The minimum atomic E-state index is -0.987. The summed E-state index contributed by atoms with van der Waals surface area (Å²) in [7, 11) is 0. The van der Waals surface area contributed by atoms with Gasteiger partial charge in [0.1, 0.15) is 5.41 Å². The van der Waals surface area contributed by atoms with Gasteiger partial charge in [-0.2, -0.15) is 0 Å². The maximum Gasteiger partial charge on any atom is 0.158 e. The van der Waals surface area contributed by atoms with Gasteiger partial charge in [0.15, 0.2) is 11.6 Å². The third kappa shape index (κ3) is 2.22. The SMILES string of the molecule is CC(C)(C)C1=C[C@@]2(C(C)(C)C)C(=O)[C@@H]1C[C@@H](c1ccccc1)C2=O. The highest BCUT2D eigenvalue weighted by molar-refractivity contribution is 6.18. The first-order valence-electron chi connectivity index (χ1n) is 8.87. The molecule has 2 aliphatic carbocycles. The Hall–Kier alpha value is -1.70. The van der Waals surface area contributed by atoms with Crippen molar-refractivity contribution in [3.8, 4) is 0 Å². The van der Waals surface area contributed by atoms with Crippen molar-refractivity contribution >= 4 is 11.6 Å². The second-order valence-corrected chi connectivity index (χ2v) is 9.39. The summed E-state index contributed by atoms with van der Waals surface area (Å²) in [5.41, 5.74) is 0.685. The van der Waals surface area contributed by atoms with E-state index < -0.39 is 10.8 Å². The summed E-state index contributed by atoms with van der Waals surface area (Å²) < 4.78 is 0. The highest BCUT2D eigenvalue weighted by Gasteiger charge is 2.64. The third-order valence-corrected chi connectivity index (χ3v) is 5.88. The molecular weight excluding hydrogens is 296 g/mol. The highest BCUT2D eigenvalue weighted by atomic mass is 16.2. The van der Waals surface area contributed by atoms with Crippen LogP contribution in [0.1, 0.15) is 59.4 Å². The molecule has 24 heavy (non-hydrogen) atoms. The standard InChI is InChI=1S/C22H28O2/c1-20(2,3)17-13-22(21(4,5)6)18(23)15(12-16(17)19(22)24)14-10-8-7-9-11-14/h7-11,13,15-16H,12H2,1-6H3/t15-,16+,22-/m0/s1. The quantitative estimate of drug-likeness (QED) is 0.541. The number of carbonyl (C=O) groups is 2. The number of carbonyl (C=O) groups excluding carboxylic acids is 2. The van der Waals surface area contributed by atoms with Crippen molar-refractivity contribution in [3.63, 3.8) is 0 Å². The number of rotatable bonds is 1. The van der Waals surface area contributed by atoms with Gasteiger partial charge in [-0.3, -0.25) is 9.59 Å². The molecule has 0 heterocycles. The summed E-state index contributed by atoms with van der Waals surface area (Å²) in [6.45, 7) is 12.5. The molecular formula is C22H28O2. The van der Waals surface area contributed by atoms with E-state index in [1.807, 2.05) is 57.2 Å². The molecule has 1 aromatic carbocycles. The summed E-state index contributed by atoms with van der Waals surface area (Å²) in [6.07, 6.45) is 2.66. The van der Waals surface area contributed by atoms with E-state index >= 15 is 0 Å². The summed E-state index contributed by atoms with van der Waals surface area (Å²) >= 11 is 0. The van der Waals surface area contributed by atoms with E-state index in [0.29, 0.717) is 6.42 Å². The van der Waals surface area contributed by atoms with Gasteiger partial charge in [0, 0.05) is 11.8 Å². The molecule has 1 saturated carbocycles. The van der Waals surface area contributed by atoms with Crippen LogP contribution in [0.5, 0.6) is 0 Å². The molecule has 128 valence electrons. The van der Waals surface area contributed by atoms with Crippen LogP contribution in [0.4, 0.5) is 0 Å². The lowest BCUT2D eigenvalue weighted by Crippen LogP contribution is -2.52. The molecule has 0 radical (unpaired) electrons. The second-order valence-electron chi connectivity index (χ2n) is 9.39. The van der Waals surface area contributed by atoms with E-state index in [1.165, 1.54) is 0 Å². The molecule has 1 fully saturated rings. The maximum atomic E-state index is 13.6. The van der Waals surface area contributed by atoms with Crippen molar-refractivity contribution in [3.05, 3.63) is 47.5 Å². The van der Waals surface area contributed by atoms with E-state index in [-0.39, 0.29) is 28.8 Å². The van der Waals surface area contributed by atoms with E-state index in [2.05, 4.69) is 20.8 Å². The number of allylic oxidation sites excluding steroid dienone is 2.